The predicted octanol–water partition coefficient (Wildman–Crippen LogP) is 4.71. The lowest BCUT2D eigenvalue weighted by molar-refractivity contribution is -0.125. The maximum atomic E-state index is 12.8. The summed E-state index contributed by atoms with van der Waals surface area (Å²) in [5.41, 5.74) is 1.48. The number of Topliss-reactive ketones (excluding diaryl/α,β-unsaturated/α-hetero) is 1. The molecule has 1 saturated heterocycles. The van der Waals surface area contributed by atoms with Crippen molar-refractivity contribution in [1.82, 2.24) is 10.2 Å². The van der Waals surface area contributed by atoms with Gasteiger partial charge < -0.3 is 5.32 Å². The molecule has 1 aliphatic heterocycles. The summed E-state index contributed by atoms with van der Waals surface area (Å²) in [6, 6.07) is 8.79. The highest BCUT2D eigenvalue weighted by atomic mass is 16.2. The number of piperidine rings is 1. The van der Waals surface area contributed by atoms with Gasteiger partial charge in [-0.15, -0.1) is 0 Å². The number of carbonyl (C=O) groups excluding carboxylic acids is 2. The zero-order valence-electron chi connectivity index (χ0n) is 18.8. The molecule has 0 aromatic heterocycles. The van der Waals surface area contributed by atoms with Gasteiger partial charge in [0.25, 0.3) is 0 Å². The van der Waals surface area contributed by atoms with Gasteiger partial charge in [0.1, 0.15) is 0 Å². The summed E-state index contributed by atoms with van der Waals surface area (Å²) in [7, 11) is 0. The molecule has 0 radical (unpaired) electrons. The second kappa shape index (κ2) is 8.77. The van der Waals surface area contributed by atoms with Gasteiger partial charge in [-0.05, 0) is 64.9 Å². The van der Waals surface area contributed by atoms with Crippen LogP contribution in [-0.2, 0) is 10.2 Å². The van der Waals surface area contributed by atoms with E-state index in [0.717, 1.165) is 12.0 Å². The van der Waals surface area contributed by atoms with Gasteiger partial charge in [0.2, 0.25) is 5.91 Å². The maximum Gasteiger partial charge on any atom is 0.234 e. The Kier molecular flexibility index (Phi) is 7.08. The van der Waals surface area contributed by atoms with Gasteiger partial charge >= 0.3 is 0 Å². The summed E-state index contributed by atoms with van der Waals surface area (Å²) in [6.07, 6.45) is 4.41. The van der Waals surface area contributed by atoms with E-state index in [1.54, 1.807) is 6.92 Å². The molecule has 1 N–H and O–H groups in total. The van der Waals surface area contributed by atoms with Crippen LogP contribution in [0.4, 0.5) is 0 Å². The van der Waals surface area contributed by atoms with E-state index in [1.165, 1.54) is 24.8 Å². The van der Waals surface area contributed by atoms with E-state index in [2.05, 4.69) is 51.8 Å². The van der Waals surface area contributed by atoms with Crippen LogP contribution in [0.2, 0.25) is 0 Å². The van der Waals surface area contributed by atoms with Crippen LogP contribution in [0, 0.1) is 0 Å². The highest BCUT2D eigenvalue weighted by molar-refractivity contribution is 5.94. The topological polar surface area (TPSA) is 49.4 Å². The van der Waals surface area contributed by atoms with Crippen LogP contribution in [0.1, 0.15) is 90.1 Å². The van der Waals surface area contributed by atoms with Gasteiger partial charge in [0.05, 0.1) is 6.54 Å². The molecule has 0 aliphatic carbocycles. The number of benzene rings is 1. The van der Waals surface area contributed by atoms with Crippen LogP contribution < -0.4 is 5.32 Å². The van der Waals surface area contributed by atoms with E-state index in [1.807, 2.05) is 24.3 Å². The second-order valence-corrected chi connectivity index (χ2v) is 9.93. The number of nitrogens with zero attached hydrogens (tertiary/aromatic N) is 1. The third-order valence-corrected chi connectivity index (χ3v) is 6.14. The number of likely N-dealkylation sites (tertiary alicyclic amines) is 1. The zero-order chi connectivity index (χ0) is 21.1. The van der Waals surface area contributed by atoms with Crippen molar-refractivity contribution in [2.75, 3.05) is 6.54 Å². The molecule has 156 valence electrons. The van der Waals surface area contributed by atoms with Gasteiger partial charge in [-0.2, -0.15) is 0 Å². The Hall–Kier alpha value is -1.68. The zero-order valence-corrected chi connectivity index (χ0v) is 18.8. The summed E-state index contributed by atoms with van der Waals surface area (Å²) in [5, 5.41) is 3.27. The van der Waals surface area contributed by atoms with Crippen molar-refractivity contribution >= 4 is 11.7 Å². The SMILES string of the molecule is CC(=O)c1ccc(C(C)(C)CC(C)(C)NC(=O)CN2C(C)CCCC2C)cc1. The second-order valence-electron chi connectivity index (χ2n) is 9.93. The van der Waals surface area contributed by atoms with Crippen LogP contribution in [-0.4, -0.2) is 40.8 Å². The van der Waals surface area contributed by atoms with Crippen molar-refractivity contribution in [3.63, 3.8) is 0 Å². The first kappa shape index (κ1) is 22.6. The normalized spacial score (nSPS) is 21.4. The van der Waals surface area contributed by atoms with Gasteiger partial charge in [-0.1, -0.05) is 44.5 Å². The standard InChI is InChI=1S/C24H38N2O2/c1-17-9-8-10-18(2)26(17)15-22(28)25-24(6,7)16-23(4,5)21-13-11-20(12-14-21)19(3)27/h11-14,17-18H,8-10,15-16H2,1-7H3,(H,25,28). The fourth-order valence-corrected chi connectivity index (χ4v) is 4.78. The van der Waals surface area contributed by atoms with E-state index < -0.39 is 0 Å². The Bertz CT molecular complexity index is 681. The minimum absolute atomic E-state index is 0.0816. The molecule has 0 saturated carbocycles. The van der Waals surface area contributed by atoms with Crippen molar-refractivity contribution in [1.29, 1.82) is 0 Å². The summed E-state index contributed by atoms with van der Waals surface area (Å²) in [6.45, 7) is 15.1. The van der Waals surface area contributed by atoms with Gasteiger partial charge in [0, 0.05) is 23.2 Å². The molecular weight excluding hydrogens is 348 g/mol. The fraction of sp³-hybridized carbons (Fsp3) is 0.667. The van der Waals surface area contributed by atoms with Gasteiger partial charge in [-0.25, -0.2) is 0 Å². The largest absolute Gasteiger partial charge is 0.350 e. The quantitative estimate of drug-likeness (QED) is 0.690. The molecule has 4 nitrogen and oxygen atoms in total. The molecule has 1 aromatic rings. The van der Waals surface area contributed by atoms with E-state index in [0.29, 0.717) is 18.6 Å². The van der Waals surface area contributed by atoms with Gasteiger partial charge in [-0.3, -0.25) is 14.5 Å². The number of amides is 1. The fourth-order valence-electron chi connectivity index (χ4n) is 4.78. The molecule has 2 rings (SSSR count). The molecule has 2 unspecified atom stereocenters. The van der Waals surface area contributed by atoms with Crippen molar-refractivity contribution in [3.05, 3.63) is 35.4 Å². The average molecular weight is 387 g/mol. The number of nitrogens with one attached hydrogen (secondary N) is 1. The summed E-state index contributed by atoms with van der Waals surface area (Å²) >= 11 is 0. The molecule has 1 fully saturated rings. The first-order valence-electron chi connectivity index (χ1n) is 10.6. The van der Waals surface area contributed by atoms with Crippen LogP contribution in [0.5, 0.6) is 0 Å². The predicted molar refractivity (Wildman–Crippen MR) is 116 cm³/mol. The molecule has 28 heavy (non-hydrogen) atoms. The summed E-state index contributed by atoms with van der Waals surface area (Å²) < 4.78 is 0. The van der Waals surface area contributed by atoms with Crippen molar-refractivity contribution in [2.45, 2.75) is 97.2 Å². The number of ketones is 1. The lowest BCUT2D eigenvalue weighted by atomic mass is 9.75. The van der Waals surface area contributed by atoms with Crippen molar-refractivity contribution in [2.24, 2.45) is 0 Å². The number of carbonyl (C=O) groups is 2. The Balaban J connectivity index is 2.00. The molecule has 1 aromatic carbocycles. The Labute approximate surface area is 171 Å². The molecule has 2 atom stereocenters. The van der Waals surface area contributed by atoms with Crippen LogP contribution in [0.15, 0.2) is 24.3 Å². The molecule has 0 spiro atoms. The van der Waals surface area contributed by atoms with Crippen LogP contribution in [0.25, 0.3) is 0 Å². The van der Waals surface area contributed by atoms with E-state index in [4.69, 9.17) is 0 Å². The van der Waals surface area contributed by atoms with Crippen molar-refractivity contribution in [3.8, 4) is 0 Å². The first-order valence-corrected chi connectivity index (χ1v) is 10.6. The molecule has 1 heterocycles. The molecule has 1 amide bonds. The Morgan fingerprint density at radius 3 is 2.07 bits per heavy atom. The number of hydrogen-bond donors (Lipinski definition) is 1. The van der Waals surface area contributed by atoms with Gasteiger partial charge in [0.15, 0.2) is 5.78 Å². The average Bonchev–Trinajstić information content (AvgIpc) is 2.57. The monoisotopic (exact) mass is 386 g/mol. The first-order chi connectivity index (χ1) is 12.9. The third-order valence-electron chi connectivity index (χ3n) is 6.14. The Morgan fingerprint density at radius 2 is 1.57 bits per heavy atom. The van der Waals surface area contributed by atoms with Crippen LogP contribution >= 0.6 is 0 Å². The van der Waals surface area contributed by atoms with Crippen molar-refractivity contribution < 1.29 is 9.59 Å². The van der Waals surface area contributed by atoms with E-state index >= 15 is 0 Å². The number of rotatable bonds is 7. The Morgan fingerprint density at radius 1 is 1.04 bits per heavy atom. The highest BCUT2D eigenvalue weighted by Crippen LogP contribution is 2.32. The summed E-state index contributed by atoms with van der Waals surface area (Å²) in [5.74, 6) is 0.187. The molecule has 0 bridgehead atoms. The molecular formula is C24H38N2O2. The lowest BCUT2D eigenvalue weighted by Crippen LogP contribution is -2.53. The third kappa shape index (κ3) is 5.91. The van der Waals surface area contributed by atoms with E-state index in [-0.39, 0.29) is 22.6 Å². The smallest absolute Gasteiger partial charge is 0.234 e. The number of hydrogen-bond acceptors (Lipinski definition) is 3. The maximum absolute atomic E-state index is 12.8. The summed E-state index contributed by atoms with van der Waals surface area (Å²) in [4.78, 5) is 26.6. The minimum Gasteiger partial charge on any atom is -0.350 e. The molecule has 1 aliphatic rings. The minimum atomic E-state index is -0.317. The molecule has 4 heteroatoms. The highest BCUT2D eigenvalue weighted by Gasteiger charge is 2.33. The van der Waals surface area contributed by atoms with Crippen LogP contribution in [0.3, 0.4) is 0 Å². The lowest BCUT2D eigenvalue weighted by Gasteiger charge is -2.40. The van der Waals surface area contributed by atoms with E-state index in [9.17, 15) is 9.59 Å².